The van der Waals surface area contributed by atoms with Gasteiger partial charge in [0.1, 0.15) is 10.8 Å². The van der Waals surface area contributed by atoms with Crippen LogP contribution in [-0.4, -0.2) is 15.8 Å². The fourth-order valence-corrected chi connectivity index (χ4v) is 1.85. The first kappa shape index (κ1) is 13.0. The average Bonchev–Trinajstić information content (AvgIpc) is 2.41. The van der Waals surface area contributed by atoms with E-state index in [1.165, 1.54) is 0 Å². The molecule has 0 aliphatic heterocycles. The molecule has 0 heterocycles. The number of phenols is 1. The van der Waals surface area contributed by atoms with Crippen LogP contribution in [0.15, 0.2) is 42.5 Å². The zero-order valence-electron chi connectivity index (χ0n) is 9.54. The van der Waals surface area contributed by atoms with E-state index >= 15 is 0 Å². The molecule has 0 amide bonds. The number of aromatic hydroxyl groups is 1. The molecular weight excluding hydrogens is 270 g/mol. The predicted octanol–water partition coefficient (Wildman–Crippen LogP) is 3.18. The molecule has 0 aliphatic carbocycles. The fourth-order valence-electron chi connectivity index (χ4n) is 1.62. The molecule has 0 fully saturated rings. The lowest BCUT2D eigenvalue weighted by Gasteiger charge is -2.05. The summed E-state index contributed by atoms with van der Waals surface area (Å²) in [5, 5.41) is 20.2. The molecule has 2 rings (SSSR count). The largest absolute Gasteiger partial charge is 0.507 e. The minimum absolute atomic E-state index is 0.0678. The number of phenolic OH excluding ortho intramolecular Hbond substituents is 1. The van der Waals surface area contributed by atoms with E-state index in [-0.39, 0.29) is 10.6 Å². The van der Waals surface area contributed by atoms with E-state index in [1.54, 1.807) is 30.3 Å². The van der Waals surface area contributed by atoms with Crippen molar-refractivity contribution >= 4 is 23.1 Å². The summed E-state index contributed by atoms with van der Waals surface area (Å²) in [5.41, 5.74) is -0.145. The first-order chi connectivity index (χ1) is 9.00. The number of rotatable bonds is 3. The number of nitrogens with zero attached hydrogens (tertiary/aromatic N) is 1. The number of halogens is 1. The highest BCUT2D eigenvalue weighted by Crippen LogP contribution is 2.32. The predicted molar refractivity (Wildman–Crippen MR) is 69.6 cm³/mol. The fraction of sp³-hybridized carbons (Fsp3) is 0. The highest BCUT2D eigenvalue weighted by Gasteiger charge is 2.21. The lowest BCUT2D eigenvalue weighted by atomic mass is 10.0. The molecule has 0 aromatic heterocycles. The summed E-state index contributed by atoms with van der Waals surface area (Å²) in [7, 11) is 0. The molecule has 2 aromatic carbocycles. The molecule has 0 spiro atoms. The SMILES string of the molecule is O=C(c1ccccc1)c1cc(Cl)c([N+](=O)[O-])cc1O. The quantitative estimate of drug-likeness (QED) is 0.531. The summed E-state index contributed by atoms with van der Waals surface area (Å²) >= 11 is 5.72. The van der Waals surface area contributed by atoms with Gasteiger partial charge in [-0.05, 0) is 6.07 Å². The van der Waals surface area contributed by atoms with Gasteiger partial charge in [0, 0.05) is 5.56 Å². The second-order valence-corrected chi connectivity index (χ2v) is 4.18. The van der Waals surface area contributed by atoms with Gasteiger partial charge in [0.15, 0.2) is 5.78 Å². The van der Waals surface area contributed by atoms with Crippen LogP contribution in [0.5, 0.6) is 5.75 Å². The van der Waals surface area contributed by atoms with E-state index in [2.05, 4.69) is 0 Å². The second-order valence-electron chi connectivity index (χ2n) is 3.77. The van der Waals surface area contributed by atoms with Crippen molar-refractivity contribution in [3.05, 3.63) is 68.7 Å². The van der Waals surface area contributed by atoms with E-state index in [1.807, 2.05) is 0 Å². The number of hydrogen-bond acceptors (Lipinski definition) is 4. The third kappa shape index (κ3) is 2.56. The highest BCUT2D eigenvalue weighted by molar-refractivity contribution is 6.33. The molecule has 0 atom stereocenters. The van der Waals surface area contributed by atoms with Gasteiger partial charge in [-0.3, -0.25) is 14.9 Å². The van der Waals surface area contributed by atoms with Crippen LogP contribution in [0.4, 0.5) is 5.69 Å². The summed E-state index contributed by atoms with van der Waals surface area (Å²) < 4.78 is 0. The lowest BCUT2D eigenvalue weighted by molar-refractivity contribution is -0.384. The van der Waals surface area contributed by atoms with E-state index in [9.17, 15) is 20.0 Å². The molecule has 0 saturated heterocycles. The Labute approximate surface area is 113 Å². The van der Waals surface area contributed by atoms with Crippen molar-refractivity contribution in [2.24, 2.45) is 0 Å². The van der Waals surface area contributed by atoms with Crippen molar-refractivity contribution in [1.82, 2.24) is 0 Å². The van der Waals surface area contributed by atoms with Crippen molar-refractivity contribution in [2.45, 2.75) is 0 Å². The second kappa shape index (κ2) is 5.07. The summed E-state index contributed by atoms with van der Waals surface area (Å²) in [4.78, 5) is 22.0. The van der Waals surface area contributed by atoms with Crippen LogP contribution in [0.3, 0.4) is 0 Å². The molecule has 6 heteroatoms. The number of carbonyl (C=O) groups is 1. The minimum atomic E-state index is -0.723. The number of nitro benzene ring substituents is 1. The first-order valence-electron chi connectivity index (χ1n) is 5.27. The minimum Gasteiger partial charge on any atom is -0.507 e. The van der Waals surface area contributed by atoms with Crippen molar-refractivity contribution in [3.8, 4) is 5.75 Å². The highest BCUT2D eigenvalue weighted by atomic mass is 35.5. The molecule has 0 aliphatic rings. The molecule has 0 bridgehead atoms. The number of benzene rings is 2. The Morgan fingerprint density at radius 2 is 1.84 bits per heavy atom. The van der Waals surface area contributed by atoms with Crippen LogP contribution in [0.25, 0.3) is 0 Å². The zero-order valence-corrected chi connectivity index (χ0v) is 10.3. The smallest absolute Gasteiger partial charge is 0.291 e. The Bertz CT molecular complexity index is 655. The topological polar surface area (TPSA) is 80.4 Å². The Balaban J connectivity index is 2.50. The summed E-state index contributed by atoms with van der Waals surface area (Å²) in [6.45, 7) is 0. The van der Waals surface area contributed by atoms with Gasteiger partial charge >= 0.3 is 0 Å². The zero-order chi connectivity index (χ0) is 14.0. The molecule has 0 unspecified atom stereocenters. The van der Waals surface area contributed by atoms with E-state index in [0.717, 1.165) is 12.1 Å². The number of hydrogen-bond donors (Lipinski definition) is 1. The van der Waals surface area contributed by atoms with Gasteiger partial charge in [-0.15, -0.1) is 0 Å². The van der Waals surface area contributed by atoms with E-state index in [0.29, 0.717) is 5.56 Å². The standard InChI is InChI=1S/C13H8ClNO4/c14-10-6-9(12(16)7-11(10)15(18)19)13(17)8-4-2-1-3-5-8/h1-7,16H. The van der Waals surface area contributed by atoms with Crippen molar-refractivity contribution in [3.63, 3.8) is 0 Å². The molecule has 96 valence electrons. The summed E-state index contributed by atoms with van der Waals surface area (Å²) in [5.74, 6) is -0.917. The Morgan fingerprint density at radius 1 is 1.21 bits per heavy atom. The lowest BCUT2D eigenvalue weighted by Crippen LogP contribution is -2.02. The molecule has 19 heavy (non-hydrogen) atoms. The van der Waals surface area contributed by atoms with Gasteiger partial charge in [-0.1, -0.05) is 41.9 Å². The number of ketones is 1. The van der Waals surface area contributed by atoms with Gasteiger partial charge < -0.3 is 5.11 Å². The third-order valence-corrected chi connectivity index (χ3v) is 2.85. The van der Waals surface area contributed by atoms with Crippen LogP contribution in [-0.2, 0) is 0 Å². The van der Waals surface area contributed by atoms with E-state index in [4.69, 9.17) is 11.6 Å². The normalized spacial score (nSPS) is 10.2. The monoisotopic (exact) mass is 277 g/mol. The maximum atomic E-state index is 12.1. The first-order valence-corrected chi connectivity index (χ1v) is 5.65. The van der Waals surface area contributed by atoms with E-state index < -0.39 is 22.1 Å². The van der Waals surface area contributed by atoms with Crippen LogP contribution in [0.1, 0.15) is 15.9 Å². The van der Waals surface area contributed by atoms with Crippen LogP contribution in [0, 0.1) is 10.1 Å². The van der Waals surface area contributed by atoms with Gasteiger partial charge in [-0.2, -0.15) is 0 Å². The van der Waals surface area contributed by atoms with Crippen molar-refractivity contribution < 1.29 is 14.8 Å². The van der Waals surface area contributed by atoms with Crippen LogP contribution < -0.4 is 0 Å². The van der Waals surface area contributed by atoms with Gasteiger partial charge in [-0.25, -0.2) is 0 Å². The van der Waals surface area contributed by atoms with Gasteiger partial charge in [0.25, 0.3) is 5.69 Å². The van der Waals surface area contributed by atoms with Crippen LogP contribution in [0.2, 0.25) is 5.02 Å². The van der Waals surface area contributed by atoms with Gasteiger partial charge in [0.05, 0.1) is 16.6 Å². The maximum Gasteiger partial charge on any atom is 0.291 e. The van der Waals surface area contributed by atoms with Crippen molar-refractivity contribution in [1.29, 1.82) is 0 Å². The molecular formula is C13H8ClNO4. The Kier molecular flexibility index (Phi) is 3.48. The molecule has 5 nitrogen and oxygen atoms in total. The Morgan fingerprint density at radius 3 is 2.42 bits per heavy atom. The Hall–Kier alpha value is -2.40. The molecule has 0 saturated carbocycles. The third-order valence-electron chi connectivity index (χ3n) is 2.54. The van der Waals surface area contributed by atoms with Crippen molar-refractivity contribution in [2.75, 3.05) is 0 Å². The molecule has 0 radical (unpaired) electrons. The average molecular weight is 278 g/mol. The summed E-state index contributed by atoms with van der Waals surface area (Å²) in [6.07, 6.45) is 0. The number of carbonyl (C=O) groups excluding carboxylic acids is 1. The number of nitro groups is 1. The summed E-state index contributed by atoms with van der Waals surface area (Å²) in [6, 6.07) is 10.2. The molecule has 2 aromatic rings. The van der Waals surface area contributed by atoms with Gasteiger partial charge in [0.2, 0.25) is 0 Å². The molecule has 1 N–H and O–H groups in total. The van der Waals surface area contributed by atoms with Crippen LogP contribution >= 0.6 is 11.6 Å². The maximum absolute atomic E-state index is 12.1.